The van der Waals surface area contributed by atoms with Gasteiger partial charge in [0.05, 0.1) is 0 Å². The molecule has 1 aromatic carbocycles. The van der Waals surface area contributed by atoms with E-state index in [4.69, 9.17) is 0 Å². The van der Waals surface area contributed by atoms with Gasteiger partial charge in [-0.05, 0) is 0 Å². The van der Waals surface area contributed by atoms with Crippen LogP contribution in [0.1, 0.15) is 27.7 Å². The van der Waals surface area contributed by atoms with E-state index in [-0.39, 0.29) is 0 Å². The fourth-order valence-corrected chi connectivity index (χ4v) is 5.07. The summed E-state index contributed by atoms with van der Waals surface area (Å²) in [5, 5.41) is 0. The molecule has 0 saturated heterocycles. The molecule has 0 fully saturated rings. The summed E-state index contributed by atoms with van der Waals surface area (Å²) in [6.07, 6.45) is 0. The molecule has 0 aliphatic heterocycles. The van der Waals surface area contributed by atoms with Crippen LogP contribution in [-0.2, 0) is 0 Å². The SMILES string of the molecule is CC(C)[Se]c1[c]ccc([Se]C(C)C)c1. The Kier molecular flexibility index (Phi) is 5.26. The second kappa shape index (κ2) is 5.98. The molecule has 0 aliphatic rings. The van der Waals surface area contributed by atoms with Crippen molar-refractivity contribution < 1.29 is 0 Å². The molecule has 0 amide bonds. The summed E-state index contributed by atoms with van der Waals surface area (Å²) in [4.78, 5) is 1.60. The van der Waals surface area contributed by atoms with Crippen LogP contribution in [0.3, 0.4) is 0 Å². The average molecular weight is 319 g/mol. The number of hydrogen-bond donors (Lipinski definition) is 0. The topological polar surface area (TPSA) is 0 Å². The first-order valence-corrected chi connectivity index (χ1v) is 8.62. The maximum atomic E-state index is 3.35. The van der Waals surface area contributed by atoms with Crippen LogP contribution in [0.2, 0.25) is 9.63 Å². The summed E-state index contributed by atoms with van der Waals surface area (Å²) in [7, 11) is 0. The standard InChI is InChI=1S/C12H17Se2/c1-9(2)13-11-6-5-7-12(8-11)14-10(3)4/h5-6,8-10H,1-4H3. The molecule has 0 heterocycles. The van der Waals surface area contributed by atoms with E-state index in [1.807, 2.05) is 0 Å². The van der Waals surface area contributed by atoms with E-state index < -0.39 is 0 Å². The van der Waals surface area contributed by atoms with Crippen molar-refractivity contribution in [3.05, 3.63) is 24.3 Å². The minimum absolute atomic E-state index is 0.600. The zero-order valence-corrected chi connectivity index (χ0v) is 12.6. The van der Waals surface area contributed by atoms with Crippen molar-refractivity contribution in [2.24, 2.45) is 0 Å². The zero-order chi connectivity index (χ0) is 10.6. The Morgan fingerprint density at radius 3 is 2.29 bits per heavy atom. The van der Waals surface area contributed by atoms with Gasteiger partial charge in [0.25, 0.3) is 0 Å². The van der Waals surface area contributed by atoms with Gasteiger partial charge in [-0.2, -0.15) is 0 Å². The Bertz CT molecular complexity index is 254. The van der Waals surface area contributed by atoms with Crippen LogP contribution in [0, 0.1) is 6.07 Å². The summed E-state index contributed by atoms with van der Waals surface area (Å²) >= 11 is 1.24. The van der Waals surface area contributed by atoms with Crippen molar-refractivity contribution in [2.75, 3.05) is 0 Å². The first-order chi connectivity index (χ1) is 6.58. The first-order valence-electron chi connectivity index (χ1n) is 4.93. The molecule has 1 radical (unpaired) electrons. The molecule has 77 valence electrons. The molecule has 0 saturated carbocycles. The van der Waals surface area contributed by atoms with Gasteiger partial charge in [-0.3, -0.25) is 0 Å². The predicted octanol–water partition coefficient (Wildman–Crippen LogP) is 1.80. The Labute approximate surface area is 100 Å². The number of rotatable bonds is 4. The maximum absolute atomic E-state index is 3.35. The normalized spacial score (nSPS) is 11.3. The van der Waals surface area contributed by atoms with Crippen LogP contribution in [0.4, 0.5) is 0 Å². The molecular weight excluding hydrogens is 302 g/mol. The molecule has 0 N–H and O–H groups in total. The first kappa shape index (κ1) is 12.3. The fourth-order valence-electron chi connectivity index (χ4n) is 1.09. The van der Waals surface area contributed by atoms with Gasteiger partial charge < -0.3 is 0 Å². The van der Waals surface area contributed by atoms with E-state index in [0.29, 0.717) is 29.9 Å². The van der Waals surface area contributed by atoms with Gasteiger partial charge >= 0.3 is 100 Å². The number of benzene rings is 1. The van der Waals surface area contributed by atoms with Crippen LogP contribution in [-0.4, -0.2) is 29.9 Å². The molecule has 0 bridgehead atoms. The van der Waals surface area contributed by atoms with Crippen molar-refractivity contribution in [3.63, 3.8) is 0 Å². The third-order valence-electron chi connectivity index (χ3n) is 1.48. The van der Waals surface area contributed by atoms with E-state index >= 15 is 0 Å². The zero-order valence-electron chi connectivity index (χ0n) is 9.20. The summed E-state index contributed by atoms with van der Waals surface area (Å²) in [6, 6.07) is 10.0. The van der Waals surface area contributed by atoms with E-state index in [1.165, 1.54) is 8.92 Å². The number of hydrogen-bond acceptors (Lipinski definition) is 0. The Morgan fingerprint density at radius 1 is 1.07 bits per heavy atom. The molecule has 0 unspecified atom stereocenters. The molecule has 2 heteroatoms. The van der Waals surface area contributed by atoms with Gasteiger partial charge in [0.1, 0.15) is 0 Å². The molecule has 0 nitrogen and oxygen atoms in total. The van der Waals surface area contributed by atoms with Gasteiger partial charge in [-0.15, -0.1) is 0 Å². The van der Waals surface area contributed by atoms with Gasteiger partial charge in [0.15, 0.2) is 0 Å². The minimum atomic E-state index is 0.600. The van der Waals surface area contributed by atoms with Crippen LogP contribution in [0.15, 0.2) is 18.2 Å². The summed E-state index contributed by atoms with van der Waals surface area (Å²) < 4.78 is 2.97. The van der Waals surface area contributed by atoms with Crippen LogP contribution < -0.4 is 8.92 Å². The summed E-state index contributed by atoms with van der Waals surface area (Å²) in [6.45, 7) is 9.16. The van der Waals surface area contributed by atoms with Gasteiger partial charge in [-0.25, -0.2) is 0 Å². The monoisotopic (exact) mass is 321 g/mol. The Balaban J connectivity index is 2.68. The molecule has 14 heavy (non-hydrogen) atoms. The van der Waals surface area contributed by atoms with Gasteiger partial charge in [0, 0.05) is 0 Å². The van der Waals surface area contributed by atoms with Crippen LogP contribution in [0.5, 0.6) is 0 Å². The van der Waals surface area contributed by atoms with E-state index in [9.17, 15) is 0 Å². The fraction of sp³-hybridized carbons (Fsp3) is 0.500. The average Bonchev–Trinajstić information content (AvgIpc) is 2.01. The molecule has 1 rings (SSSR count). The Hall–Kier alpha value is 0.259. The third-order valence-corrected chi connectivity index (χ3v) is 5.59. The summed E-state index contributed by atoms with van der Waals surface area (Å²) in [5.41, 5.74) is 0. The molecular formula is C12H17Se2. The second-order valence-corrected chi connectivity index (χ2v) is 10.6. The van der Waals surface area contributed by atoms with Crippen molar-refractivity contribution in [3.8, 4) is 0 Å². The van der Waals surface area contributed by atoms with Crippen LogP contribution in [0.25, 0.3) is 0 Å². The van der Waals surface area contributed by atoms with Gasteiger partial charge in [-0.1, -0.05) is 0 Å². The second-order valence-electron chi connectivity index (χ2n) is 3.72. The molecule has 0 aromatic heterocycles. The third kappa shape index (κ3) is 4.66. The van der Waals surface area contributed by atoms with E-state index in [2.05, 4.69) is 52.0 Å². The van der Waals surface area contributed by atoms with E-state index in [1.54, 1.807) is 0 Å². The van der Waals surface area contributed by atoms with Crippen molar-refractivity contribution in [1.82, 2.24) is 0 Å². The van der Waals surface area contributed by atoms with Crippen molar-refractivity contribution >= 4 is 38.8 Å². The quantitative estimate of drug-likeness (QED) is 0.743. The molecule has 1 aromatic rings. The molecule has 0 atom stereocenters. The van der Waals surface area contributed by atoms with Crippen LogP contribution >= 0.6 is 0 Å². The molecule has 0 spiro atoms. The van der Waals surface area contributed by atoms with Crippen molar-refractivity contribution in [1.29, 1.82) is 0 Å². The summed E-state index contributed by atoms with van der Waals surface area (Å²) in [5.74, 6) is 0. The predicted molar refractivity (Wildman–Crippen MR) is 66.3 cm³/mol. The van der Waals surface area contributed by atoms with Crippen molar-refractivity contribution in [2.45, 2.75) is 37.3 Å². The van der Waals surface area contributed by atoms with Gasteiger partial charge in [0.2, 0.25) is 0 Å². The Morgan fingerprint density at radius 2 is 1.71 bits per heavy atom. The molecule has 0 aliphatic carbocycles. The van der Waals surface area contributed by atoms with E-state index in [0.717, 1.165) is 9.63 Å².